The van der Waals surface area contributed by atoms with Crippen LogP contribution in [0.25, 0.3) is 0 Å². The second-order valence-electron chi connectivity index (χ2n) is 3.49. The lowest BCUT2D eigenvalue weighted by atomic mass is 10.4. The molecule has 0 bridgehead atoms. The Morgan fingerprint density at radius 1 is 1.38 bits per heavy atom. The van der Waals surface area contributed by atoms with Crippen LogP contribution in [0.3, 0.4) is 0 Å². The predicted molar refractivity (Wildman–Crippen MR) is 53.4 cm³/mol. The first kappa shape index (κ1) is 13.7. The maximum Gasteiger partial charge on any atom is 0.283 e. The third kappa shape index (κ3) is 3.91. The van der Waals surface area contributed by atoms with Gasteiger partial charge in [0.25, 0.3) is 16.1 Å². The molecular weight excluding hydrogens is 244 g/mol. The van der Waals surface area contributed by atoms with E-state index in [1.807, 2.05) is 0 Å². The molecule has 1 saturated heterocycles. The Labute approximate surface area is 92.8 Å². The number of hydrogen-bond acceptors (Lipinski definition) is 4. The van der Waals surface area contributed by atoms with Gasteiger partial charge in [-0.1, -0.05) is 0 Å². The molecular formula is C7H15F2N3O3S. The van der Waals surface area contributed by atoms with Crippen molar-refractivity contribution in [3.63, 3.8) is 0 Å². The van der Waals surface area contributed by atoms with Gasteiger partial charge in [-0.25, -0.2) is 8.78 Å². The van der Waals surface area contributed by atoms with Gasteiger partial charge in [0.2, 0.25) is 0 Å². The van der Waals surface area contributed by atoms with E-state index in [1.165, 1.54) is 0 Å². The monoisotopic (exact) mass is 259 g/mol. The van der Waals surface area contributed by atoms with Crippen molar-refractivity contribution < 1.29 is 22.3 Å². The average molecular weight is 259 g/mol. The van der Waals surface area contributed by atoms with E-state index in [9.17, 15) is 17.2 Å². The summed E-state index contributed by atoms with van der Waals surface area (Å²) in [7, 11) is -3.87. The van der Waals surface area contributed by atoms with Crippen LogP contribution in [0.2, 0.25) is 0 Å². The van der Waals surface area contributed by atoms with Crippen molar-refractivity contribution in [2.75, 3.05) is 39.3 Å². The molecule has 0 atom stereocenters. The molecule has 1 fully saturated rings. The molecule has 0 spiro atoms. The Balaban J connectivity index is 2.51. The topological polar surface area (TPSA) is 81.7 Å². The highest BCUT2D eigenvalue weighted by Gasteiger charge is 2.32. The summed E-state index contributed by atoms with van der Waals surface area (Å²) in [4.78, 5) is 0. The first-order valence-corrected chi connectivity index (χ1v) is 6.25. The molecule has 96 valence electrons. The summed E-state index contributed by atoms with van der Waals surface area (Å²) in [5.41, 5.74) is 0. The van der Waals surface area contributed by atoms with E-state index in [1.54, 1.807) is 4.72 Å². The molecule has 3 N–H and O–H groups in total. The largest absolute Gasteiger partial charge is 0.390 e. The number of nitrogens with one attached hydrogen (secondary N) is 2. The van der Waals surface area contributed by atoms with E-state index >= 15 is 0 Å². The smallest absolute Gasteiger partial charge is 0.283 e. The first-order valence-electron chi connectivity index (χ1n) is 4.81. The van der Waals surface area contributed by atoms with E-state index in [2.05, 4.69) is 5.32 Å². The number of hydrogen-bond donors (Lipinski definition) is 3. The third-order valence-electron chi connectivity index (χ3n) is 2.16. The zero-order valence-corrected chi connectivity index (χ0v) is 9.43. The molecule has 1 aliphatic rings. The van der Waals surface area contributed by atoms with Crippen LogP contribution >= 0.6 is 0 Å². The molecule has 1 heterocycles. The van der Waals surface area contributed by atoms with Crippen LogP contribution in [0.5, 0.6) is 0 Å². The van der Waals surface area contributed by atoms with Crippen molar-refractivity contribution in [2.45, 2.75) is 5.92 Å². The molecule has 1 aliphatic heterocycles. The van der Waals surface area contributed by atoms with Crippen molar-refractivity contribution in [3.05, 3.63) is 0 Å². The van der Waals surface area contributed by atoms with E-state index in [4.69, 9.17) is 5.11 Å². The van der Waals surface area contributed by atoms with Gasteiger partial charge in [0.1, 0.15) is 6.61 Å². The van der Waals surface area contributed by atoms with Crippen LogP contribution in [-0.4, -0.2) is 63.1 Å². The number of nitrogens with zero attached hydrogens (tertiary/aromatic N) is 1. The highest BCUT2D eigenvalue weighted by molar-refractivity contribution is 7.87. The molecule has 0 aliphatic carbocycles. The van der Waals surface area contributed by atoms with Gasteiger partial charge >= 0.3 is 0 Å². The van der Waals surface area contributed by atoms with Gasteiger partial charge in [0.05, 0.1) is 6.54 Å². The van der Waals surface area contributed by atoms with Crippen molar-refractivity contribution in [3.8, 4) is 0 Å². The van der Waals surface area contributed by atoms with E-state index in [-0.39, 0.29) is 13.1 Å². The lowest BCUT2D eigenvalue weighted by Gasteiger charge is -2.27. The van der Waals surface area contributed by atoms with Gasteiger partial charge < -0.3 is 10.4 Å². The summed E-state index contributed by atoms with van der Waals surface area (Å²) in [6, 6.07) is 0. The van der Waals surface area contributed by atoms with Crippen molar-refractivity contribution >= 4 is 10.2 Å². The maximum atomic E-state index is 12.6. The molecule has 0 unspecified atom stereocenters. The molecule has 0 aromatic rings. The van der Waals surface area contributed by atoms with Crippen LogP contribution in [0, 0.1) is 0 Å². The minimum absolute atomic E-state index is 0.250. The number of aliphatic hydroxyl groups excluding tert-OH is 1. The summed E-state index contributed by atoms with van der Waals surface area (Å²) >= 11 is 0. The Hall–Kier alpha value is -0.350. The highest BCUT2D eigenvalue weighted by Crippen LogP contribution is 2.11. The molecule has 0 radical (unpaired) electrons. The van der Waals surface area contributed by atoms with Crippen LogP contribution in [0.4, 0.5) is 8.78 Å². The Morgan fingerprint density at radius 2 is 1.94 bits per heavy atom. The number of piperazine rings is 1. The molecule has 1 rings (SSSR count). The van der Waals surface area contributed by atoms with Crippen LogP contribution < -0.4 is 10.0 Å². The lowest BCUT2D eigenvalue weighted by molar-refractivity contribution is -0.0439. The minimum Gasteiger partial charge on any atom is -0.390 e. The van der Waals surface area contributed by atoms with Gasteiger partial charge in [-0.15, -0.1) is 0 Å². The molecule has 6 nitrogen and oxygen atoms in total. The van der Waals surface area contributed by atoms with Crippen LogP contribution in [0.15, 0.2) is 0 Å². The third-order valence-corrected chi connectivity index (χ3v) is 3.71. The van der Waals surface area contributed by atoms with Gasteiger partial charge in [-0.2, -0.15) is 17.4 Å². The van der Waals surface area contributed by atoms with Gasteiger partial charge in [0.15, 0.2) is 0 Å². The zero-order valence-electron chi connectivity index (χ0n) is 8.62. The van der Waals surface area contributed by atoms with E-state index < -0.39 is 29.3 Å². The zero-order chi connectivity index (χ0) is 12.2. The van der Waals surface area contributed by atoms with Crippen molar-refractivity contribution in [1.29, 1.82) is 0 Å². The molecule has 9 heteroatoms. The fraction of sp³-hybridized carbons (Fsp3) is 1.00. The lowest BCUT2D eigenvalue weighted by Crippen LogP contribution is -2.52. The number of aliphatic hydroxyl groups is 1. The number of alkyl halides is 2. The molecule has 0 aromatic heterocycles. The summed E-state index contributed by atoms with van der Waals surface area (Å²) < 4.78 is 51.2. The normalized spacial score (nSPS) is 19.9. The average Bonchev–Trinajstić information content (AvgIpc) is 2.28. The minimum atomic E-state index is -3.87. The first-order chi connectivity index (χ1) is 7.37. The molecule has 0 saturated carbocycles. The molecule has 0 amide bonds. The number of halogens is 2. The second kappa shape index (κ2) is 5.32. The standard InChI is InChI=1S/C7H15F2N3O3S/c8-7(9,6-13)5-11-16(14,15)12-3-1-10-2-4-12/h10-11,13H,1-6H2. The van der Waals surface area contributed by atoms with E-state index in [0.29, 0.717) is 13.1 Å². The molecule has 16 heavy (non-hydrogen) atoms. The summed E-state index contributed by atoms with van der Waals surface area (Å²) in [6.07, 6.45) is 0. The van der Waals surface area contributed by atoms with Gasteiger partial charge in [-0.3, -0.25) is 0 Å². The predicted octanol–water partition coefficient (Wildman–Crippen LogP) is -1.65. The maximum absolute atomic E-state index is 12.6. The van der Waals surface area contributed by atoms with Crippen LogP contribution in [0.1, 0.15) is 0 Å². The Morgan fingerprint density at radius 3 is 2.44 bits per heavy atom. The van der Waals surface area contributed by atoms with Crippen LogP contribution in [-0.2, 0) is 10.2 Å². The Bertz CT molecular complexity index is 317. The van der Waals surface area contributed by atoms with Gasteiger partial charge in [-0.05, 0) is 0 Å². The second-order valence-corrected chi connectivity index (χ2v) is 5.24. The molecule has 0 aromatic carbocycles. The Kier molecular flexibility index (Phi) is 4.56. The fourth-order valence-electron chi connectivity index (χ4n) is 1.23. The number of rotatable bonds is 5. The summed E-state index contributed by atoms with van der Waals surface area (Å²) in [5, 5.41) is 11.2. The van der Waals surface area contributed by atoms with Crippen molar-refractivity contribution in [1.82, 2.24) is 14.3 Å². The van der Waals surface area contributed by atoms with Crippen molar-refractivity contribution in [2.24, 2.45) is 0 Å². The quantitative estimate of drug-likeness (QED) is 0.553. The van der Waals surface area contributed by atoms with Gasteiger partial charge in [0, 0.05) is 26.2 Å². The fourth-order valence-corrected chi connectivity index (χ4v) is 2.47. The summed E-state index contributed by atoms with van der Waals surface area (Å²) in [6.45, 7) is -0.971. The van der Waals surface area contributed by atoms with E-state index in [0.717, 1.165) is 4.31 Å². The summed E-state index contributed by atoms with van der Waals surface area (Å²) in [5.74, 6) is -3.43. The highest BCUT2D eigenvalue weighted by atomic mass is 32.2. The SMILES string of the molecule is O=S(=O)(NCC(F)(F)CO)N1CCNCC1.